The van der Waals surface area contributed by atoms with Gasteiger partial charge in [0.05, 0.1) is 22.8 Å². The van der Waals surface area contributed by atoms with Crippen LogP contribution in [-0.4, -0.2) is 20.9 Å². The number of rotatable bonds is 2. The van der Waals surface area contributed by atoms with Gasteiger partial charge in [0, 0.05) is 12.6 Å². The maximum atomic E-state index is 11.9. The monoisotopic (exact) mass is 248 g/mol. The highest BCUT2D eigenvalue weighted by atomic mass is 16.3. The van der Waals surface area contributed by atoms with Crippen LogP contribution < -0.4 is 5.56 Å². The number of nitrogens with zero attached hydrogens (tertiary/aromatic N) is 2. The number of aromatic nitrogens is 2. The van der Waals surface area contributed by atoms with Crippen molar-refractivity contribution in [3.05, 3.63) is 34.4 Å². The molecule has 2 rings (SSSR count). The predicted octanol–water partition coefficient (Wildman–Crippen LogP) is 1.96. The zero-order chi connectivity index (χ0) is 13.7. The molecule has 0 amide bonds. The molecule has 96 valence electrons. The van der Waals surface area contributed by atoms with Gasteiger partial charge in [0.1, 0.15) is 5.75 Å². The molecule has 0 radical (unpaired) electrons. The van der Waals surface area contributed by atoms with E-state index in [1.54, 1.807) is 0 Å². The van der Waals surface area contributed by atoms with Gasteiger partial charge in [0.2, 0.25) is 0 Å². The molecule has 0 aliphatic rings. The number of fused-ring (bicyclic) bond motifs is 1. The summed E-state index contributed by atoms with van der Waals surface area (Å²) in [6.07, 6.45) is 1.93. The van der Waals surface area contributed by atoms with Crippen molar-refractivity contribution in [3.63, 3.8) is 0 Å². The molecule has 0 unspecified atom stereocenters. The second-order valence-corrected chi connectivity index (χ2v) is 3.38. The summed E-state index contributed by atoms with van der Waals surface area (Å²) < 4.78 is 1.44. The third-order valence-electron chi connectivity index (χ3n) is 2.44. The van der Waals surface area contributed by atoms with Crippen molar-refractivity contribution in [1.29, 1.82) is 0 Å². The van der Waals surface area contributed by atoms with Gasteiger partial charge < -0.3 is 5.11 Å². The average molecular weight is 248 g/mol. The Balaban J connectivity index is 0.000000771. The predicted molar refractivity (Wildman–Crippen MR) is 70.1 cm³/mol. The van der Waals surface area contributed by atoms with Gasteiger partial charge in [0.15, 0.2) is 6.29 Å². The van der Waals surface area contributed by atoms with Crippen molar-refractivity contribution < 1.29 is 9.90 Å². The molecule has 1 N–H and O–H groups in total. The molecule has 5 nitrogen and oxygen atoms in total. The summed E-state index contributed by atoms with van der Waals surface area (Å²) in [5.41, 5.74) is 0.272. The summed E-state index contributed by atoms with van der Waals surface area (Å²) in [4.78, 5) is 26.5. The highest BCUT2D eigenvalue weighted by Gasteiger charge is 2.08. The van der Waals surface area contributed by atoms with Gasteiger partial charge in [-0.3, -0.25) is 14.2 Å². The van der Waals surface area contributed by atoms with E-state index in [4.69, 9.17) is 0 Å². The first-order valence-corrected chi connectivity index (χ1v) is 5.84. The lowest BCUT2D eigenvalue weighted by molar-refractivity contribution is 0.112. The molecule has 0 bridgehead atoms. The molecule has 0 atom stereocenters. The Morgan fingerprint density at radius 1 is 1.39 bits per heavy atom. The zero-order valence-electron chi connectivity index (χ0n) is 10.7. The highest BCUT2D eigenvalue weighted by molar-refractivity contribution is 5.89. The van der Waals surface area contributed by atoms with Crippen LogP contribution in [0.1, 0.15) is 31.1 Å². The van der Waals surface area contributed by atoms with E-state index in [1.165, 1.54) is 23.0 Å². The SMILES string of the molecule is CC.CCn1cnc2cc(O)c(C=O)cc2c1=O. The molecule has 0 saturated carbocycles. The number of aldehydes is 1. The van der Waals surface area contributed by atoms with Crippen LogP contribution in [0.3, 0.4) is 0 Å². The number of carbonyl (C=O) groups is 1. The zero-order valence-corrected chi connectivity index (χ0v) is 10.7. The van der Waals surface area contributed by atoms with Crippen LogP contribution in [0.25, 0.3) is 10.9 Å². The van der Waals surface area contributed by atoms with Crippen molar-refractivity contribution >= 4 is 17.2 Å². The van der Waals surface area contributed by atoms with Crippen LogP contribution in [0, 0.1) is 0 Å². The number of phenolic OH excluding ortho intramolecular Hbond substituents is 1. The Morgan fingerprint density at radius 2 is 2.06 bits per heavy atom. The van der Waals surface area contributed by atoms with Gasteiger partial charge in [-0.1, -0.05) is 13.8 Å². The van der Waals surface area contributed by atoms with Crippen molar-refractivity contribution in [2.45, 2.75) is 27.3 Å². The van der Waals surface area contributed by atoms with Crippen molar-refractivity contribution in [1.82, 2.24) is 9.55 Å². The molecule has 0 spiro atoms. The van der Waals surface area contributed by atoms with Gasteiger partial charge in [-0.15, -0.1) is 0 Å². The lowest BCUT2D eigenvalue weighted by atomic mass is 10.1. The number of hydrogen-bond acceptors (Lipinski definition) is 4. The lowest BCUT2D eigenvalue weighted by Crippen LogP contribution is -2.19. The fourth-order valence-corrected chi connectivity index (χ4v) is 1.53. The number of carbonyl (C=O) groups excluding carboxylic acids is 1. The topological polar surface area (TPSA) is 72.2 Å². The largest absolute Gasteiger partial charge is 0.507 e. The molecule has 0 aliphatic heterocycles. The van der Waals surface area contributed by atoms with E-state index in [2.05, 4.69) is 4.98 Å². The third-order valence-corrected chi connectivity index (χ3v) is 2.44. The van der Waals surface area contributed by atoms with E-state index < -0.39 is 0 Å². The smallest absolute Gasteiger partial charge is 0.261 e. The van der Waals surface area contributed by atoms with Crippen LogP contribution >= 0.6 is 0 Å². The molecule has 0 fully saturated rings. The quantitative estimate of drug-likeness (QED) is 0.824. The summed E-state index contributed by atoms with van der Waals surface area (Å²) >= 11 is 0. The number of aryl methyl sites for hydroxylation is 1. The van der Waals surface area contributed by atoms with Gasteiger partial charge in [-0.25, -0.2) is 4.98 Å². The molecule has 2 aromatic rings. The van der Waals surface area contributed by atoms with E-state index >= 15 is 0 Å². The van der Waals surface area contributed by atoms with Gasteiger partial charge in [-0.2, -0.15) is 0 Å². The van der Waals surface area contributed by atoms with Crippen LogP contribution in [0.15, 0.2) is 23.3 Å². The molecule has 1 heterocycles. The maximum absolute atomic E-state index is 11.9. The molecule has 5 heteroatoms. The first-order chi connectivity index (χ1) is 8.67. The Kier molecular flexibility index (Phi) is 4.59. The highest BCUT2D eigenvalue weighted by Crippen LogP contribution is 2.19. The van der Waals surface area contributed by atoms with E-state index in [1.807, 2.05) is 20.8 Å². The minimum absolute atomic E-state index is 0.0975. The van der Waals surface area contributed by atoms with Gasteiger partial charge in [-0.05, 0) is 13.0 Å². The summed E-state index contributed by atoms with van der Waals surface area (Å²) in [5.74, 6) is -0.163. The number of hydrogen-bond donors (Lipinski definition) is 1. The summed E-state index contributed by atoms with van der Waals surface area (Å²) in [6, 6.07) is 2.68. The minimum atomic E-state index is -0.212. The minimum Gasteiger partial charge on any atom is -0.507 e. The van der Waals surface area contributed by atoms with E-state index in [-0.39, 0.29) is 16.9 Å². The fourth-order valence-electron chi connectivity index (χ4n) is 1.53. The second-order valence-electron chi connectivity index (χ2n) is 3.38. The number of benzene rings is 1. The van der Waals surface area contributed by atoms with Crippen LogP contribution in [-0.2, 0) is 6.54 Å². The van der Waals surface area contributed by atoms with E-state index in [9.17, 15) is 14.7 Å². The van der Waals surface area contributed by atoms with E-state index in [0.717, 1.165) is 0 Å². The summed E-state index contributed by atoms with van der Waals surface area (Å²) in [5, 5.41) is 9.78. The van der Waals surface area contributed by atoms with Crippen LogP contribution in [0.4, 0.5) is 0 Å². The molecular weight excluding hydrogens is 232 g/mol. The summed E-state index contributed by atoms with van der Waals surface area (Å²) in [6.45, 7) is 6.34. The molecular formula is C13H16N2O3. The molecule has 1 aromatic heterocycles. The van der Waals surface area contributed by atoms with Crippen LogP contribution in [0.2, 0.25) is 0 Å². The third kappa shape index (κ3) is 2.40. The first kappa shape index (κ1) is 13.9. The lowest BCUT2D eigenvalue weighted by Gasteiger charge is -2.04. The fraction of sp³-hybridized carbons (Fsp3) is 0.308. The average Bonchev–Trinajstić information content (AvgIpc) is 2.41. The molecule has 0 saturated heterocycles. The van der Waals surface area contributed by atoms with E-state index in [0.29, 0.717) is 23.7 Å². The Hall–Kier alpha value is -2.17. The first-order valence-electron chi connectivity index (χ1n) is 5.84. The number of phenols is 1. The molecule has 0 aliphatic carbocycles. The molecule has 18 heavy (non-hydrogen) atoms. The van der Waals surface area contributed by atoms with Gasteiger partial charge >= 0.3 is 0 Å². The Labute approximate surface area is 105 Å². The normalized spacial score (nSPS) is 9.72. The van der Waals surface area contributed by atoms with Gasteiger partial charge in [0.25, 0.3) is 5.56 Å². The van der Waals surface area contributed by atoms with Crippen molar-refractivity contribution in [3.8, 4) is 5.75 Å². The standard InChI is InChI=1S/C11H10N2O3.C2H6/c1-2-13-6-12-9-4-10(15)7(5-14)3-8(9)11(13)16;1-2/h3-6,15H,2H2,1H3;1-2H3. The second kappa shape index (κ2) is 5.95. The molecule has 1 aromatic carbocycles. The summed E-state index contributed by atoms with van der Waals surface area (Å²) in [7, 11) is 0. The van der Waals surface area contributed by atoms with Crippen LogP contribution in [0.5, 0.6) is 5.75 Å². The Bertz CT molecular complexity index is 617. The van der Waals surface area contributed by atoms with Crippen molar-refractivity contribution in [2.24, 2.45) is 0 Å². The maximum Gasteiger partial charge on any atom is 0.261 e. The Morgan fingerprint density at radius 3 is 2.61 bits per heavy atom. The number of aromatic hydroxyl groups is 1. The van der Waals surface area contributed by atoms with Crippen molar-refractivity contribution in [2.75, 3.05) is 0 Å².